The van der Waals surface area contributed by atoms with Crippen LogP contribution in [0.3, 0.4) is 0 Å². The minimum absolute atomic E-state index is 0.161. The third-order valence-electron chi connectivity index (χ3n) is 6.29. The van der Waals surface area contributed by atoms with Crippen molar-refractivity contribution in [3.8, 4) is 0 Å². The average Bonchev–Trinajstić information content (AvgIpc) is 3.27. The lowest BCUT2D eigenvalue weighted by atomic mass is 10.0. The van der Waals surface area contributed by atoms with Gasteiger partial charge in [0.2, 0.25) is 0 Å². The highest BCUT2D eigenvalue weighted by molar-refractivity contribution is 5.89. The number of anilines is 2. The smallest absolute Gasteiger partial charge is 0.416 e. The number of piperidine rings is 1. The number of fused-ring (bicyclic) bond motifs is 1. The van der Waals surface area contributed by atoms with E-state index >= 15 is 0 Å². The third kappa shape index (κ3) is 6.12. The molecule has 10 heteroatoms. The van der Waals surface area contributed by atoms with Crippen molar-refractivity contribution in [3.05, 3.63) is 53.7 Å². The average molecular weight is 509 g/mol. The summed E-state index contributed by atoms with van der Waals surface area (Å²) in [5.74, 6) is 1.24. The highest BCUT2D eigenvalue weighted by Gasteiger charge is 2.36. The van der Waals surface area contributed by atoms with E-state index in [1.54, 1.807) is 21.7 Å². The summed E-state index contributed by atoms with van der Waals surface area (Å²) < 4.78 is 7.47. The number of hydrogen-bond donors (Lipinski definition) is 2. The zero-order valence-corrected chi connectivity index (χ0v) is 22.1. The van der Waals surface area contributed by atoms with Gasteiger partial charge in [0.15, 0.2) is 5.65 Å². The number of nitrogens with zero attached hydrogens (tertiary/aromatic N) is 5. The number of rotatable bonds is 6. The van der Waals surface area contributed by atoms with Crippen LogP contribution in [0, 0.1) is 0 Å². The third-order valence-corrected chi connectivity index (χ3v) is 6.29. The first kappa shape index (κ1) is 26.2. The minimum atomic E-state index is -1.000. The first-order chi connectivity index (χ1) is 17.5. The first-order valence-electron chi connectivity index (χ1n) is 12.7. The summed E-state index contributed by atoms with van der Waals surface area (Å²) in [6.07, 6.45) is 1.50. The summed E-state index contributed by atoms with van der Waals surface area (Å²) in [4.78, 5) is 33.2. The number of carboxylic acid groups (broad SMARTS) is 1. The topological polar surface area (TPSA) is 112 Å². The van der Waals surface area contributed by atoms with Crippen LogP contribution < -0.4 is 10.2 Å². The van der Waals surface area contributed by atoms with Gasteiger partial charge >= 0.3 is 12.2 Å². The SMILES string of the molecule is CC(C)c1cnn2c(N(C(=O)OC(C)(C)C)C3CCCN(C(=O)O)C3)cc(NCc3ccccc3)nc12. The molecule has 1 unspecified atom stereocenters. The van der Waals surface area contributed by atoms with Gasteiger partial charge in [-0.2, -0.15) is 9.61 Å². The molecule has 2 amide bonds. The Kier molecular flexibility index (Phi) is 7.56. The summed E-state index contributed by atoms with van der Waals surface area (Å²) in [5.41, 5.74) is 1.95. The van der Waals surface area contributed by atoms with Crippen LogP contribution in [-0.2, 0) is 11.3 Å². The van der Waals surface area contributed by atoms with Crippen LogP contribution in [0.5, 0.6) is 0 Å². The lowest BCUT2D eigenvalue weighted by Gasteiger charge is -2.38. The van der Waals surface area contributed by atoms with E-state index in [0.717, 1.165) is 11.1 Å². The van der Waals surface area contributed by atoms with Gasteiger partial charge in [0, 0.05) is 31.3 Å². The predicted octanol–water partition coefficient (Wildman–Crippen LogP) is 5.35. The molecule has 37 heavy (non-hydrogen) atoms. The Labute approximate surface area is 217 Å². The van der Waals surface area contributed by atoms with E-state index in [9.17, 15) is 14.7 Å². The Morgan fingerprint density at radius 2 is 1.97 bits per heavy atom. The van der Waals surface area contributed by atoms with E-state index in [0.29, 0.717) is 43.2 Å². The molecule has 0 saturated carbocycles. The lowest BCUT2D eigenvalue weighted by Crippen LogP contribution is -2.53. The highest BCUT2D eigenvalue weighted by atomic mass is 16.6. The van der Waals surface area contributed by atoms with Crippen molar-refractivity contribution >= 4 is 29.5 Å². The predicted molar refractivity (Wildman–Crippen MR) is 142 cm³/mol. The molecule has 10 nitrogen and oxygen atoms in total. The number of nitrogens with one attached hydrogen (secondary N) is 1. The van der Waals surface area contributed by atoms with Gasteiger partial charge in [-0.15, -0.1) is 0 Å². The fourth-order valence-electron chi connectivity index (χ4n) is 4.50. The lowest BCUT2D eigenvalue weighted by molar-refractivity contribution is 0.0538. The fourth-order valence-corrected chi connectivity index (χ4v) is 4.50. The maximum Gasteiger partial charge on any atom is 0.416 e. The van der Waals surface area contributed by atoms with Crippen LogP contribution >= 0.6 is 0 Å². The Morgan fingerprint density at radius 3 is 2.62 bits per heavy atom. The van der Waals surface area contributed by atoms with Crippen molar-refractivity contribution in [1.29, 1.82) is 0 Å². The van der Waals surface area contributed by atoms with Crippen LogP contribution in [0.15, 0.2) is 42.6 Å². The molecule has 1 aliphatic heterocycles. The summed E-state index contributed by atoms with van der Waals surface area (Å²) in [7, 11) is 0. The van der Waals surface area contributed by atoms with Crippen molar-refractivity contribution < 1.29 is 19.4 Å². The van der Waals surface area contributed by atoms with Gasteiger partial charge in [0.1, 0.15) is 17.2 Å². The molecule has 0 spiro atoms. The van der Waals surface area contributed by atoms with Crippen LogP contribution in [0.2, 0.25) is 0 Å². The Bertz CT molecular complexity index is 1250. The quantitative estimate of drug-likeness (QED) is 0.462. The summed E-state index contributed by atoms with van der Waals surface area (Å²) >= 11 is 0. The molecule has 3 heterocycles. The number of benzene rings is 1. The number of likely N-dealkylation sites (tertiary alicyclic amines) is 1. The second kappa shape index (κ2) is 10.7. The molecule has 3 aromatic rings. The maximum atomic E-state index is 13.7. The molecule has 4 rings (SSSR count). The Morgan fingerprint density at radius 1 is 1.24 bits per heavy atom. The molecule has 198 valence electrons. The van der Waals surface area contributed by atoms with Gasteiger partial charge in [-0.1, -0.05) is 44.2 Å². The molecule has 0 radical (unpaired) electrons. The Hall–Kier alpha value is -3.82. The molecule has 2 N–H and O–H groups in total. The summed E-state index contributed by atoms with van der Waals surface area (Å²) in [6.45, 7) is 10.7. The standard InChI is InChI=1S/C27H36N6O4/c1-18(2)21-16-29-33-23(14-22(30-24(21)33)28-15-19-10-7-6-8-11-19)32(26(36)37-27(3,4)5)20-12-9-13-31(17-20)25(34)35/h6-8,10-11,14,16,18,20H,9,12-13,15,17H2,1-5H3,(H,28,30)(H,34,35). The van der Waals surface area contributed by atoms with Gasteiger partial charge in [0.05, 0.1) is 12.2 Å². The second-order valence-corrected chi connectivity index (χ2v) is 10.7. The summed E-state index contributed by atoms with van der Waals surface area (Å²) in [6, 6.07) is 11.4. The van der Waals surface area contributed by atoms with Crippen molar-refractivity contribution in [2.45, 2.75) is 71.6 Å². The fraction of sp³-hybridized carbons (Fsp3) is 0.481. The molecular weight excluding hydrogens is 472 g/mol. The number of carbonyl (C=O) groups is 2. The molecule has 0 bridgehead atoms. The zero-order valence-electron chi connectivity index (χ0n) is 22.1. The van der Waals surface area contributed by atoms with Crippen molar-refractivity contribution in [2.75, 3.05) is 23.3 Å². The van der Waals surface area contributed by atoms with Gasteiger partial charge in [-0.3, -0.25) is 4.90 Å². The molecule has 1 fully saturated rings. The van der Waals surface area contributed by atoms with Gasteiger partial charge in [-0.25, -0.2) is 14.6 Å². The van der Waals surface area contributed by atoms with Crippen molar-refractivity contribution in [3.63, 3.8) is 0 Å². The molecule has 1 aliphatic rings. The number of hydrogen-bond acceptors (Lipinski definition) is 6. The normalized spacial score (nSPS) is 16.2. The first-order valence-corrected chi connectivity index (χ1v) is 12.7. The van der Waals surface area contributed by atoms with Gasteiger partial charge in [-0.05, 0) is 45.1 Å². The van der Waals surface area contributed by atoms with E-state index in [2.05, 4.69) is 24.3 Å². The van der Waals surface area contributed by atoms with Crippen LogP contribution in [0.4, 0.5) is 21.2 Å². The number of carbonyl (C=O) groups excluding carboxylic acids is 1. The highest BCUT2D eigenvalue weighted by Crippen LogP contribution is 2.31. The molecule has 1 aromatic carbocycles. The molecular formula is C27H36N6O4. The van der Waals surface area contributed by atoms with Crippen LogP contribution in [-0.4, -0.2) is 61.5 Å². The number of aromatic nitrogens is 3. The van der Waals surface area contributed by atoms with Crippen LogP contribution in [0.1, 0.15) is 64.5 Å². The van der Waals surface area contributed by atoms with E-state index in [-0.39, 0.29) is 12.5 Å². The summed E-state index contributed by atoms with van der Waals surface area (Å²) in [5, 5.41) is 17.6. The van der Waals surface area contributed by atoms with E-state index in [4.69, 9.17) is 9.72 Å². The van der Waals surface area contributed by atoms with Crippen molar-refractivity contribution in [1.82, 2.24) is 19.5 Å². The largest absolute Gasteiger partial charge is 0.465 e. The molecule has 1 atom stereocenters. The van der Waals surface area contributed by atoms with Crippen LogP contribution in [0.25, 0.3) is 5.65 Å². The zero-order chi connectivity index (χ0) is 26.7. The maximum absolute atomic E-state index is 13.7. The van der Waals surface area contributed by atoms with E-state index in [1.807, 2.05) is 51.1 Å². The van der Waals surface area contributed by atoms with E-state index in [1.165, 1.54) is 4.90 Å². The minimum Gasteiger partial charge on any atom is -0.465 e. The number of amides is 2. The van der Waals surface area contributed by atoms with Crippen molar-refractivity contribution in [2.24, 2.45) is 0 Å². The monoisotopic (exact) mass is 508 g/mol. The second-order valence-electron chi connectivity index (χ2n) is 10.7. The van der Waals surface area contributed by atoms with Gasteiger partial charge in [0.25, 0.3) is 0 Å². The van der Waals surface area contributed by atoms with Gasteiger partial charge < -0.3 is 20.1 Å². The molecule has 2 aromatic heterocycles. The molecule has 0 aliphatic carbocycles. The van der Waals surface area contributed by atoms with E-state index < -0.39 is 23.8 Å². The number of ether oxygens (including phenoxy) is 1. The molecule has 1 saturated heterocycles. The Balaban J connectivity index is 1.81.